The third-order valence-corrected chi connectivity index (χ3v) is 13.5. The summed E-state index contributed by atoms with van der Waals surface area (Å²) in [5, 5.41) is 19.3. The number of aromatic nitrogens is 3. The van der Waals surface area contributed by atoms with Gasteiger partial charge in [-0.3, -0.25) is 14.3 Å². The van der Waals surface area contributed by atoms with Crippen molar-refractivity contribution in [3.8, 4) is 0 Å². The van der Waals surface area contributed by atoms with Crippen molar-refractivity contribution in [1.82, 2.24) is 15.0 Å². The van der Waals surface area contributed by atoms with Crippen molar-refractivity contribution in [3.05, 3.63) is 106 Å². The lowest BCUT2D eigenvalue weighted by Crippen LogP contribution is -2.45. The number of nitrogens with zero attached hydrogens (tertiary/aromatic N) is 5. The number of carbonyl (C=O) groups is 2. The fraction of sp³-hybridized carbons (Fsp3) is 0.421. The molecule has 0 aliphatic carbocycles. The van der Waals surface area contributed by atoms with Crippen molar-refractivity contribution >= 4 is 43.2 Å². The van der Waals surface area contributed by atoms with Gasteiger partial charge < -0.3 is 23.8 Å². The molecule has 3 aromatic carbocycles. The van der Waals surface area contributed by atoms with Crippen molar-refractivity contribution in [2.24, 2.45) is 5.92 Å². The van der Waals surface area contributed by atoms with E-state index in [-0.39, 0.29) is 24.3 Å². The van der Waals surface area contributed by atoms with Gasteiger partial charge in [-0.1, -0.05) is 66.2 Å². The van der Waals surface area contributed by atoms with Crippen LogP contribution in [-0.4, -0.2) is 59.6 Å². The number of hydrogen-bond acceptors (Lipinski definition) is 6. The number of anilines is 2. The molecule has 3 aliphatic heterocycles. The van der Waals surface area contributed by atoms with E-state index in [1.54, 1.807) is 34.8 Å². The Morgan fingerprint density at radius 3 is 2.54 bits per heavy atom. The number of amides is 2. The van der Waals surface area contributed by atoms with Gasteiger partial charge in [-0.05, 0) is 73.8 Å². The van der Waals surface area contributed by atoms with Gasteiger partial charge in [-0.25, -0.2) is 0 Å². The van der Waals surface area contributed by atoms with E-state index < -0.39 is 31.6 Å². The van der Waals surface area contributed by atoms with E-state index in [1.165, 1.54) is 0 Å². The van der Waals surface area contributed by atoms with Gasteiger partial charge in [0.05, 0.1) is 36.6 Å². The molecule has 262 valence electrons. The minimum absolute atomic E-state index is 0.110. The van der Waals surface area contributed by atoms with Gasteiger partial charge in [0.2, 0.25) is 14.3 Å². The van der Waals surface area contributed by atoms with E-state index in [1.807, 2.05) is 78.7 Å². The number of hydrogen-bond donors (Lipinski definition) is 1. The third-order valence-electron chi connectivity index (χ3n) is 10.8. The zero-order valence-corrected chi connectivity index (χ0v) is 30.4. The second-order valence-electron chi connectivity index (χ2n) is 14.3. The van der Waals surface area contributed by atoms with Gasteiger partial charge in [0, 0.05) is 53.4 Å². The lowest BCUT2D eigenvalue weighted by Gasteiger charge is -2.31. The van der Waals surface area contributed by atoms with Crippen LogP contribution in [0, 0.1) is 5.92 Å². The Morgan fingerprint density at radius 1 is 1.08 bits per heavy atom. The highest BCUT2D eigenvalue weighted by Crippen LogP contribution is 2.60. The number of ether oxygens (including phenoxy) is 1. The van der Waals surface area contributed by atoms with E-state index in [4.69, 9.17) is 16.3 Å². The molecule has 4 aromatic rings. The summed E-state index contributed by atoms with van der Waals surface area (Å²) in [6.45, 7) is 6.61. The summed E-state index contributed by atoms with van der Waals surface area (Å²) in [6.07, 6.45) is 4.15. The van der Waals surface area contributed by atoms with Crippen LogP contribution < -0.4 is 9.80 Å². The van der Waals surface area contributed by atoms with Crippen molar-refractivity contribution in [1.29, 1.82) is 0 Å². The summed E-state index contributed by atoms with van der Waals surface area (Å²) in [7, 11) is -3.37. The number of aliphatic hydroxyl groups is 1. The SMILES string of the molecule is C[C@@H]1[C@@H]([Si](C)(C)F)[C@H](CCn2cc(C(CO)c3ccccc3)nn2)O[C@@]12C(=O)N(Cc1ccc(N3CCCCC3=O)cc1)c1ccc(Cl)cc12. The van der Waals surface area contributed by atoms with E-state index in [2.05, 4.69) is 10.3 Å². The fourth-order valence-electron chi connectivity index (χ4n) is 8.39. The first-order valence-corrected chi connectivity index (χ1v) is 20.8. The highest BCUT2D eigenvalue weighted by atomic mass is 35.5. The van der Waals surface area contributed by atoms with Gasteiger partial charge in [-0.2, -0.15) is 0 Å². The Hall–Kier alpha value is -3.90. The number of aryl methyl sites for hydroxylation is 1. The lowest BCUT2D eigenvalue weighted by atomic mass is 9.82. The van der Waals surface area contributed by atoms with Gasteiger partial charge >= 0.3 is 0 Å². The molecule has 1 N–H and O–H groups in total. The Morgan fingerprint density at radius 2 is 1.84 bits per heavy atom. The standard InChI is InChI=1S/C38H43ClFN5O4Si/c1-25-36(50(2,3)40)34(18-20-43-23-32(41-42-43)30(24-46)27-9-5-4-6-10-27)49-38(25)31-21-28(39)14-17-33(31)45(37(38)48)22-26-12-15-29(16-13-26)44-19-8-7-11-35(44)47/h4-6,9-10,12-17,21,23,25,30,34,36,46H,7-8,11,18-20,22,24H2,1-3H3/t25-,30?,34+,36-,38+/m1/s1. The van der Waals surface area contributed by atoms with Crippen LogP contribution in [0.1, 0.15) is 60.9 Å². The number of benzene rings is 3. The molecule has 12 heteroatoms. The van der Waals surface area contributed by atoms with Gasteiger partial charge in [-0.15, -0.1) is 5.10 Å². The molecule has 4 heterocycles. The molecule has 1 aromatic heterocycles. The Labute approximate surface area is 298 Å². The maximum absolute atomic E-state index is 16.4. The fourth-order valence-corrected chi connectivity index (χ4v) is 11.1. The predicted octanol–water partition coefficient (Wildman–Crippen LogP) is 6.98. The number of fused-ring (bicyclic) bond motifs is 2. The minimum atomic E-state index is -3.37. The summed E-state index contributed by atoms with van der Waals surface area (Å²) >= 11 is 6.56. The van der Waals surface area contributed by atoms with Crippen molar-refractivity contribution in [2.75, 3.05) is 23.0 Å². The second kappa shape index (κ2) is 13.7. The summed E-state index contributed by atoms with van der Waals surface area (Å²) in [5.74, 6) is -0.856. The predicted molar refractivity (Wildman–Crippen MR) is 193 cm³/mol. The number of aliphatic hydroxyl groups excluding tert-OH is 1. The molecule has 0 bridgehead atoms. The minimum Gasteiger partial charge on any atom is -0.395 e. The summed E-state index contributed by atoms with van der Waals surface area (Å²) in [5.41, 5.74) is 2.85. The van der Waals surface area contributed by atoms with Crippen LogP contribution in [0.25, 0.3) is 0 Å². The average molecular weight is 716 g/mol. The molecule has 5 atom stereocenters. The van der Waals surface area contributed by atoms with Crippen molar-refractivity contribution < 1.29 is 23.5 Å². The van der Waals surface area contributed by atoms with Crippen molar-refractivity contribution in [2.45, 2.75) is 82.0 Å². The summed E-state index contributed by atoms with van der Waals surface area (Å²) in [4.78, 5) is 30.8. The Kier molecular flexibility index (Phi) is 9.44. The van der Waals surface area contributed by atoms with Crippen LogP contribution in [0.5, 0.6) is 0 Å². The largest absolute Gasteiger partial charge is 0.395 e. The number of piperidine rings is 1. The van der Waals surface area contributed by atoms with Crippen LogP contribution >= 0.6 is 11.6 Å². The second-order valence-corrected chi connectivity index (χ2v) is 18.6. The zero-order chi connectivity index (χ0) is 35.2. The average Bonchev–Trinajstić information content (AvgIpc) is 3.75. The Balaban J connectivity index is 1.15. The molecule has 1 spiro atoms. The van der Waals surface area contributed by atoms with Gasteiger partial charge in [0.15, 0.2) is 5.60 Å². The first-order chi connectivity index (χ1) is 24.0. The molecule has 7 rings (SSSR count). The summed E-state index contributed by atoms with van der Waals surface area (Å²) in [6, 6.07) is 22.9. The molecule has 0 radical (unpaired) electrons. The van der Waals surface area contributed by atoms with Crippen LogP contribution in [0.3, 0.4) is 0 Å². The monoisotopic (exact) mass is 715 g/mol. The molecule has 0 saturated carbocycles. The lowest BCUT2D eigenvalue weighted by molar-refractivity contribution is -0.146. The van der Waals surface area contributed by atoms with Gasteiger partial charge in [0.1, 0.15) is 0 Å². The van der Waals surface area contributed by atoms with Crippen LogP contribution in [-0.2, 0) is 33.0 Å². The van der Waals surface area contributed by atoms with Crippen molar-refractivity contribution in [3.63, 3.8) is 0 Å². The Bertz CT molecular complexity index is 1870. The maximum Gasteiger partial charge on any atom is 0.264 e. The first-order valence-electron chi connectivity index (χ1n) is 17.4. The number of halogens is 2. The van der Waals surface area contributed by atoms with E-state index in [9.17, 15) is 14.7 Å². The van der Waals surface area contributed by atoms with E-state index >= 15 is 4.11 Å². The maximum atomic E-state index is 16.4. The number of carbonyl (C=O) groups excluding carboxylic acids is 2. The normalized spacial score (nSPS) is 24.3. The van der Waals surface area contributed by atoms with Crippen LogP contribution in [0.15, 0.2) is 79.0 Å². The zero-order valence-electron chi connectivity index (χ0n) is 28.6. The van der Waals surface area contributed by atoms with E-state index in [0.29, 0.717) is 54.4 Å². The summed E-state index contributed by atoms with van der Waals surface area (Å²) < 4.78 is 25.0. The molecular weight excluding hydrogens is 673 g/mol. The van der Waals surface area contributed by atoms with Gasteiger partial charge in [0.25, 0.3) is 5.91 Å². The van der Waals surface area contributed by atoms with Crippen LogP contribution in [0.2, 0.25) is 23.7 Å². The quantitative estimate of drug-likeness (QED) is 0.140. The molecule has 50 heavy (non-hydrogen) atoms. The molecular formula is C38H43ClFN5O4Si. The highest BCUT2D eigenvalue weighted by molar-refractivity contribution is 6.72. The molecule has 2 fully saturated rings. The molecule has 2 amide bonds. The molecule has 9 nitrogen and oxygen atoms in total. The highest BCUT2D eigenvalue weighted by Gasteiger charge is 2.66. The molecule has 3 aliphatic rings. The third kappa shape index (κ3) is 6.18. The molecule has 2 saturated heterocycles. The topological polar surface area (TPSA) is 101 Å². The molecule has 1 unspecified atom stereocenters. The van der Waals surface area contributed by atoms with Crippen LogP contribution in [0.4, 0.5) is 15.5 Å². The number of rotatable bonds is 10. The van der Waals surface area contributed by atoms with E-state index in [0.717, 1.165) is 29.7 Å². The smallest absolute Gasteiger partial charge is 0.264 e. The first kappa shape index (κ1) is 34.5.